The van der Waals surface area contributed by atoms with Crippen molar-refractivity contribution in [3.05, 3.63) is 0 Å². The van der Waals surface area contributed by atoms with Gasteiger partial charge >= 0.3 is 5.97 Å². The first-order chi connectivity index (χ1) is 8.11. The lowest BCUT2D eigenvalue weighted by atomic mass is 10.1. The lowest BCUT2D eigenvalue weighted by molar-refractivity contribution is -0.142. The molecule has 0 saturated carbocycles. The monoisotopic (exact) mass is 243 g/mol. The van der Waals surface area contributed by atoms with Crippen LogP contribution in [0.3, 0.4) is 0 Å². The predicted molar refractivity (Wildman–Crippen MR) is 67.9 cm³/mol. The number of nitrogens with one attached hydrogen (secondary N) is 1. The second kappa shape index (κ2) is 10.1. The van der Waals surface area contributed by atoms with Gasteiger partial charge in [0, 0.05) is 6.42 Å². The summed E-state index contributed by atoms with van der Waals surface area (Å²) in [7, 11) is 0. The standard InChI is InChI=1S/C13H25NO3/c1-3-5-7-8-10-12(15)14-11(13(16)17)9-6-4-2/h11H,3-10H2,1-2H3,(H,14,15)(H,16,17)/t11-/m0/s1. The molecule has 4 nitrogen and oxygen atoms in total. The molecule has 4 heteroatoms. The minimum absolute atomic E-state index is 0.135. The molecule has 0 aliphatic heterocycles. The first-order valence-electron chi connectivity index (χ1n) is 6.64. The van der Waals surface area contributed by atoms with Crippen LogP contribution in [0, 0.1) is 0 Å². The van der Waals surface area contributed by atoms with Crippen molar-refractivity contribution in [1.82, 2.24) is 5.32 Å². The molecular weight excluding hydrogens is 218 g/mol. The van der Waals surface area contributed by atoms with Crippen LogP contribution in [-0.4, -0.2) is 23.0 Å². The molecule has 0 unspecified atom stereocenters. The van der Waals surface area contributed by atoms with Crippen molar-refractivity contribution in [3.8, 4) is 0 Å². The smallest absolute Gasteiger partial charge is 0.326 e. The van der Waals surface area contributed by atoms with Crippen molar-refractivity contribution in [3.63, 3.8) is 0 Å². The normalized spacial score (nSPS) is 12.1. The van der Waals surface area contributed by atoms with Gasteiger partial charge in [-0.05, 0) is 12.8 Å². The number of rotatable bonds is 10. The first kappa shape index (κ1) is 15.9. The Morgan fingerprint density at radius 2 is 1.71 bits per heavy atom. The molecular formula is C13H25NO3. The van der Waals surface area contributed by atoms with E-state index in [1.807, 2.05) is 6.92 Å². The van der Waals surface area contributed by atoms with Gasteiger partial charge in [-0.25, -0.2) is 4.79 Å². The van der Waals surface area contributed by atoms with Crippen LogP contribution in [0.2, 0.25) is 0 Å². The van der Waals surface area contributed by atoms with E-state index in [9.17, 15) is 9.59 Å². The van der Waals surface area contributed by atoms with Gasteiger partial charge in [-0.1, -0.05) is 46.0 Å². The minimum atomic E-state index is -0.930. The van der Waals surface area contributed by atoms with Crippen molar-refractivity contribution >= 4 is 11.9 Å². The molecule has 0 aromatic heterocycles. The van der Waals surface area contributed by atoms with Crippen LogP contribution in [0.25, 0.3) is 0 Å². The summed E-state index contributed by atoms with van der Waals surface area (Å²) in [6.45, 7) is 4.12. The van der Waals surface area contributed by atoms with Crippen LogP contribution in [0.15, 0.2) is 0 Å². The second-order valence-electron chi connectivity index (χ2n) is 4.41. The molecule has 1 amide bonds. The third-order valence-corrected chi connectivity index (χ3v) is 2.74. The van der Waals surface area contributed by atoms with Crippen LogP contribution in [-0.2, 0) is 9.59 Å². The largest absolute Gasteiger partial charge is 0.480 e. The van der Waals surface area contributed by atoms with E-state index in [0.717, 1.165) is 38.5 Å². The molecule has 0 aromatic carbocycles. The van der Waals surface area contributed by atoms with Crippen molar-refractivity contribution < 1.29 is 14.7 Å². The molecule has 0 bridgehead atoms. The van der Waals surface area contributed by atoms with Crippen LogP contribution in [0.1, 0.15) is 65.2 Å². The number of amides is 1. The SMILES string of the molecule is CCCCCCC(=O)N[C@@H](CCCC)C(=O)O. The summed E-state index contributed by atoms with van der Waals surface area (Å²) in [5, 5.41) is 11.5. The highest BCUT2D eigenvalue weighted by Gasteiger charge is 2.18. The molecule has 0 spiro atoms. The molecule has 0 heterocycles. The van der Waals surface area contributed by atoms with E-state index in [1.165, 1.54) is 0 Å². The number of hydrogen-bond acceptors (Lipinski definition) is 2. The molecule has 0 aliphatic rings. The Kier molecular flexibility index (Phi) is 9.49. The number of carboxylic acid groups (broad SMARTS) is 1. The van der Waals surface area contributed by atoms with Crippen molar-refractivity contribution in [2.75, 3.05) is 0 Å². The fraction of sp³-hybridized carbons (Fsp3) is 0.846. The maximum Gasteiger partial charge on any atom is 0.326 e. The number of unbranched alkanes of at least 4 members (excludes halogenated alkanes) is 4. The fourth-order valence-electron chi connectivity index (χ4n) is 1.64. The van der Waals surface area contributed by atoms with Crippen molar-refractivity contribution in [1.29, 1.82) is 0 Å². The zero-order valence-electron chi connectivity index (χ0n) is 11.0. The number of carbonyl (C=O) groups excluding carboxylic acids is 1. The second-order valence-corrected chi connectivity index (χ2v) is 4.41. The first-order valence-corrected chi connectivity index (χ1v) is 6.64. The predicted octanol–water partition coefficient (Wildman–Crippen LogP) is 2.72. The van der Waals surface area contributed by atoms with E-state index >= 15 is 0 Å². The molecule has 0 saturated heterocycles. The maximum absolute atomic E-state index is 11.5. The molecule has 1 atom stereocenters. The van der Waals surface area contributed by atoms with Gasteiger partial charge in [0.25, 0.3) is 0 Å². The highest BCUT2D eigenvalue weighted by Crippen LogP contribution is 2.04. The van der Waals surface area contributed by atoms with Crippen LogP contribution in [0.4, 0.5) is 0 Å². The average Bonchev–Trinajstić information content (AvgIpc) is 2.29. The topological polar surface area (TPSA) is 66.4 Å². The molecule has 2 N–H and O–H groups in total. The maximum atomic E-state index is 11.5. The zero-order chi connectivity index (χ0) is 13.1. The summed E-state index contributed by atoms with van der Waals surface area (Å²) in [6, 6.07) is -0.714. The van der Waals surface area contributed by atoms with E-state index in [0.29, 0.717) is 12.8 Å². The summed E-state index contributed by atoms with van der Waals surface area (Å²) in [6.07, 6.45) is 6.88. The third-order valence-electron chi connectivity index (χ3n) is 2.74. The fourth-order valence-corrected chi connectivity index (χ4v) is 1.64. The highest BCUT2D eigenvalue weighted by molar-refractivity contribution is 5.83. The number of aliphatic carboxylic acids is 1. The Labute approximate surface area is 104 Å². The Morgan fingerprint density at radius 1 is 1.06 bits per heavy atom. The molecule has 100 valence electrons. The Morgan fingerprint density at radius 3 is 2.24 bits per heavy atom. The van der Waals surface area contributed by atoms with Crippen LogP contribution in [0.5, 0.6) is 0 Å². The lowest BCUT2D eigenvalue weighted by Crippen LogP contribution is -2.40. The van der Waals surface area contributed by atoms with Gasteiger partial charge in [-0.2, -0.15) is 0 Å². The van der Waals surface area contributed by atoms with Gasteiger partial charge < -0.3 is 10.4 Å². The van der Waals surface area contributed by atoms with Crippen LogP contribution >= 0.6 is 0 Å². The molecule has 17 heavy (non-hydrogen) atoms. The zero-order valence-corrected chi connectivity index (χ0v) is 11.0. The molecule has 0 aliphatic carbocycles. The quantitative estimate of drug-likeness (QED) is 0.580. The summed E-state index contributed by atoms with van der Waals surface area (Å²) < 4.78 is 0. The van der Waals surface area contributed by atoms with E-state index in [-0.39, 0.29) is 5.91 Å². The Hall–Kier alpha value is -1.06. The van der Waals surface area contributed by atoms with Crippen molar-refractivity contribution in [2.24, 2.45) is 0 Å². The minimum Gasteiger partial charge on any atom is -0.480 e. The van der Waals surface area contributed by atoms with Gasteiger partial charge in [0.05, 0.1) is 0 Å². The number of carbonyl (C=O) groups is 2. The van der Waals surface area contributed by atoms with E-state index < -0.39 is 12.0 Å². The Bertz CT molecular complexity index is 229. The van der Waals surface area contributed by atoms with E-state index in [1.54, 1.807) is 0 Å². The van der Waals surface area contributed by atoms with Gasteiger partial charge in [-0.3, -0.25) is 4.79 Å². The third kappa shape index (κ3) is 8.72. The molecule has 0 radical (unpaired) electrons. The highest BCUT2D eigenvalue weighted by atomic mass is 16.4. The van der Waals surface area contributed by atoms with Gasteiger partial charge in [0.15, 0.2) is 0 Å². The summed E-state index contributed by atoms with van der Waals surface area (Å²) in [5.41, 5.74) is 0. The van der Waals surface area contributed by atoms with E-state index in [2.05, 4.69) is 12.2 Å². The molecule has 0 fully saturated rings. The molecule has 0 aromatic rings. The summed E-state index contributed by atoms with van der Waals surface area (Å²) in [4.78, 5) is 22.4. The van der Waals surface area contributed by atoms with Gasteiger partial charge in [0.2, 0.25) is 5.91 Å². The Balaban J connectivity index is 3.83. The molecule has 0 rings (SSSR count). The summed E-state index contributed by atoms with van der Waals surface area (Å²) in [5.74, 6) is -1.06. The van der Waals surface area contributed by atoms with Gasteiger partial charge in [-0.15, -0.1) is 0 Å². The van der Waals surface area contributed by atoms with Crippen LogP contribution < -0.4 is 5.32 Å². The number of carboxylic acids is 1. The average molecular weight is 243 g/mol. The van der Waals surface area contributed by atoms with Gasteiger partial charge in [0.1, 0.15) is 6.04 Å². The summed E-state index contributed by atoms with van der Waals surface area (Å²) >= 11 is 0. The lowest BCUT2D eigenvalue weighted by Gasteiger charge is -2.13. The number of hydrogen-bond donors (Lipinski definition) is 2. The van der Waals surface area contributed by atoms with Crippen molar-refractivity contribution in [2.45, 2.75) is 71.3 Å². The van der Waals surface area contributed by atoms with E-state index in [4.69, 9.17) is 5.11 Å².